The molecule has 0 saturated heterocycles. The molecule has 0 amide bonds. The lowest BCUT2D eigenvalue weighted by molar-refractivity contribution is 0.259. The lowest BCUT2D eigenvalue weighted by Crippen LogP contribution is -2.26. The number of aromatic nitrogens is 1. The Morgan fingerprint density at radius 3 is 2.68 bits per heavy atom. The summed E-state index contributed by atoms with van der Waals surface area (Å²) in [5.41, 5.74) is 6.58. The lowest BCUT2D eigenvalue weighted by atomic mass is 10.1. The second-order valence-electron chi connectivity index (χ2n) is 7.26. The molecule has 4 rings (SSSR count). The number of hydrogen-bond donors (Lipinski definition) is 1. The van der Waals surface area contributed by atoms with Gasteiger partial charge in [-0.3, -0.25) is 9.88 Å². The van der Waals surface area contributed by atoms with Gasteiger partial charge in [-0.15, -0.1) is 0 Å². The highest BCUT2D eigenvalue weighted by Gasteiger charge is 2.16. The number of ether oxygens (including phenoxy) is 1. The van der Waals surface area contributed by atoms with Crippen molar-refractivity contribution in [1.82, 2.24) is 9.88 Å². The van der Waals surface area contributed by atoms with Gasteiger partial charge in [0.25, 0.3) is 0 Å². The topological polar surface area (TPSA) is 37.4 Å². The predicted octanol–water partition coefficient (Wildman–Crippen LogP) is 4.30. The molecular weight excluding hydrogens is 346 g/mol. The monoisotopic (exact) mass is 373 g/mol. The molecule has 0 atom stereocenters. The maximum atomic E-state index is 5.30. The Bertz CT molecular complexity index is 893. The molecule has 144 valence electrons. The fraction of sp³-hybridized carbons (Fsp3) is 0.292. The van der Waals surface area contributed by atoms with Gasteiger partial charge in [0.1, 0.15) is 5.75 Å². The minimum absolute atomic E-state index is 0.897. The second-order valence-corrected chi connectivity index (χ2v) is 7.26. The average molecular weight is 374 g/mol. The number of anilines is 1. The summed E-state index contributed by atoms with van der Waals surface area (Å²) >= 11 is 0. The summed E-state index contributed by atoms with van der Waals surface area (Å²) in [4.78, 5) is 7.00. The molecule has 2 heterocycles. The summed E-state index contributed by atoms with van der Waals surface area (Å²) in [6.07, 6.45) is 3.94. The first-order chi connectivity index (χ1) is 13.8. The Kier molecular flexibility index (Phi) is 5.88. The number of fused-ring (bicyclic) bond motifs is 1. The van der Waals surface area contributed by atoms with Crippen LogP contribution in [-0.4, -0.2) is 30.1 Å². The summed E-state index contributed by atoms with van der Waals surface area (Å²) in [5.74, 6) is 0.897. The zero-order valence-corrected chi connectivity index (χ0v) is 16.4. The number of hydrogen-bond acceptors (Lipinski definition) is 4. The average Bonchev–Trinajstić information content (AvgIpc) is 3.23. The van der Waals surface area contributed by atoms with E-state index in [2.05, 4.69) is 57.7 Å². The molecule has 0 fully saturated rings. The first-order valence-electron chi connectivity index (χ1n) is 9.91. The third kappa shape index (κ3) is 4.52. The number of pyridine rings is 1. The number of nitrogens with zero attached hydrogens (tertiary/aromatic N) is 2. The van der Waals surface area contributed by atoms with Gasteiger partial charge in [-0.25, -0.2) is 0 Å². The van der Waals surface area contributed by atoms with E-state index in [4.69, 9.17) is 4.74 Å². The fourth-order valence-electron chi connectivity index (χ4n) is 3.81. The molecule has 4 nitrogen and oxygen atoms in total. The molecule has 0 saturated carbocycles. The largest absolute Gasteiger partial charge is 0.497 e. The van der Waals surface area contributed by atoms with Crippen LogP contribution in [0.25, 0.3) is 0 Å². The molecule has 3 aromatic rings. The van der Waals surface area contributed by atoms with Crippen LogP contribution >= 0.6 is 0 Å². The van der Waals surface area contributed by atoms with Crippen molar-refractivity contribution in [1.29, 1.82) is 0 Å². The number of benzene rings is 2. The fourth-order valence-corrected chi connectivity index (χ4v) is 3.81. The molecule has 1 aliphatic rings. The minimum atomic E-state index is 0.897. The van der Waals surface area contributed by atoms with Crippen LogP contribution in [0, 0.1) is 0 Å². The van der Waals surface area contributed by atoms with Gasteiger partial charge < -0.3 is 10.1 Å². The zero-order chi connectivity index (χ0) is 19.2. The van der Waals surface area contributed by atoms with E-state index in [1.165, 1.54) is 22.4 Å². The van der Waals surface area contributed by atoms with Crippen LogP contribution in [0.2, 0.25) is 0 Å². The first kappa shape index (κ1) is 18.5. The highest BCUT2D eigenvalue weighted by Crippen LogP contribution is 2.28. The van der Waals surface area contributed by atoms with E-state index in [9.17, 15) is 0 Å². The van der Waals surface area contributed by atoms with Crippen LogP contribution in [0.15, 0.2) is 66.9 Å². The second kappa shape index (κ2) is 8.89. The highest BCUT2D eigenvalue weighted by atomic mass is 16.5. The molecule has 0 unspecified atom stereocenters. The smallest absolute Gasteiger partial charge is 0.118 e. The van der Waals surface area contributed by atoms with Crippen molar-refractivity contribution in [2.24, 2.45) is 0 Å². The molecule has 1 aliphatic heterocycles. The van der Waals surface area contributed by atoms with Gasteiger partial charge in [0, 0.05) is 50.2 Å². The normalized spacial score (nSPS) is 12.6. The van der Waals surface area contributed by atoms with Crippen molar-refractivity contribution in [3.8, 4) is 5.75 Å². The molecule has 1 N–H and O–H groups in total. The van der Waals surface area contributed by atoms with E-state index in [1.807, 2.05) is 24.4 Å². The third-order valence-electron chi connectivity index (χ3n) is 5.30. The summed E-state index contributed by atoms with van der Waals surface area (Å²) in [5, 5.41) is 3.57. The van der Waals surface area contributed by atoms with E-state index >= 15 is 0 Å². The van der Waals surface area contributed by atoms with Crippen LogP contribution in [0.5, 0.6) is 5.75 Å². The number of rotatable bonds is 8. The van der Waals surface area contributed by atoms with Crippen molar-refractivity contribution < 1.29 is 4.74 Å². The molecule has 0 spiro atoms. The van der Waals surface area contributed by atoms with Crippen LogP contribution in [0.3, 0.4) is 0 Å². The summed E-state index contributed by atoms with van der Waals surface area (Å²) in [6, 6.07) is 21.2. The van der Waals surface area contributed by atoms with E-state index in [-0.39, 0.29) is 0 Å². The van der Waals surface area contributed by atoms with Gasteiger partial charge in [0.15, 0.2) is 0 Å². The summed E-state index contributed by atoms with van der Waals surface area (Å²) in [6.45, 7) is 3.83. The quantitative estimate of drug-likeness (QED) is 0.639. The first-order valence-corrected chi connectivity index (χ1v) is 9.91. The lowest BCUT2D eigenvalue weighted by Gasteiger charge is -2.24. The predicted molar refractivity (Wildman–Crippen MR) is 114 cm³/mol. The van der Waals surface area contributed by atoms with Gasteiger partial charge in [0.2, 0.25) is 0 Å². The number of methoxy groups -OCH3 is 1. The van der Waals surface area contributed by atoms with Gasteiger partial charge >= 0.3 is 0 Å². The number of nitrogens with one attached hydrogen (secondary N) is 1. The Morgan fingerprint density at radius 1 is 1.00 bits per heavy atom. The van der Waals surface area contributed by atoms with Crippen LogP contribution in [0.1, 0.15) is 22.4 Å². The molecule has 0 aliphatic carbocycles. The van der Waals surface area contributed by atoms with Gasteiger partial charge in [-0.1, -0.05) is 36.4 Å². The maximum absolute atomic E-state index is 5.30. The van der Waals surface area contributed by atoms with Crippen molar-refractivity contribution in [3.63, 3.8) is 0 Å². The van der Waals surface area contributed by atoms with Crippen LogP contribution < -0.4 is 10.1 Å². The Morgan fingerprint density at radius 2 is 1.89 bits per heavy atom. The molecule has 0 bridgehead atoms. The zero-order valence-electron chi connectivity index (χ0n) is 16.4. The molecular formula is C24H27N3O. The van der Waals surface area contributed by atoms with Gasteiger partial charge in [-0.05, 0) is 47.4 Å². The van der Waals surface area contributed by atoms with E-state index < -0.39 is 0 Å². The molecule has 2 aromatic carbocycles. The van der Waals surface area contributed by atoms with E-state index in [0.29, 0.717) is 0 Å². The number of para-hydroxylation sites is 1. The van der Waals surface area contributed by atoms with E-state index in [1.54, 1.807) is 7.11 Å². The standard InChI is InChI=1S/C24H27N3O/c1-28-23-10-8-19(9-11-23)17-27(16-13-22-7-2-3-14-25-22)18-21-6-4-5-20-12-15-26-24(20)21/h2-11,14,26H,12-13,15-18H2,1H3. The van der Waals surface area contributed by atoms with Crippen molar-refractivity contribution >= 4 is 5.69 Å². The van der Waals surface area contributed by atoms with Gasteiger partial charge in [-0.2, -0.15) is 0 Å². The van der Waals surface area contributed by atoms with Gasteiger partial charge in [0.05, 0.1) is 7.11 Å². The summed E-state index contributed by atoms with van der Waals surface area (Å²) < 4.78 is 5.30. The van der Waals surface area contributed by atoms with Crippen molar-refractivity contribution in [2.75, 3.05) is 25.5 Å². The van der Waals surface area contributed by atoms with E-state index in [0.717, 1.165) is 50.5 Å². The van der Waals surface area contributed by atoms with Crippen molar-refractivity contribution in [2.45, 2.75) is 25.9 Å². The highest BCUT2D eigenvalue weighted by molar-refractivity contribution is 5.61. The minimum Gasteiger partial charge on any atom is -0.497 e. The summed E-state index contributed by atoms with van der Waals surface area (Å²) in [7, 11) is 1.71. The van der Waals surface area contributed by atoms with Crippen LogP contribution in [0.4, 0.5) is 5.69 Å². The third-order valence-corrected chi connectivity index (χ3v) is 5.30. The maximum Gasteiger partial charge on any atom is 0.118 e. The molecule has 0 radical (unpaired) electrons. The Hall–Kier alpha value is -2.85. The Labute approximate surface area is 167 Å². The molecule has 4 heteroatoms. The molecule has 28 heavy (non-hydrogen) atoms. The SMILES string of the molecule is COc1ccc(CN(CCc2ccccn2)Cc2cccc3c2NCC3)cc1. The molecule has 1 aromatic heterocycles. The van der Waals surface area contributed by atoms with Crippen molar-refractivity contribution in [3.05, 3.63) is 89.2 Å². The Balaban J connectivity index is 1.51. The van der Waals surface area contributed by atoms with Crippen LogP contribution in [-0.2, 0) is 25.9 Å².